The quantitative estimate of drug-likeness (QED) is 0.558. The van der Waals surface area contributed by atoms with Gasteiger partial charge in [0.15, 0.2) is 0 Å². The van der Waals surface area contributed by atoms with Gasteiger partial charge >= 0.3 is 0 Å². The summed E-state index contributed by atoms with van der Waals surface area (Å²) in [6.45, 7) is 1.75. The average Bonchev–Trinajstić information content (AvgIpc) is 3.35. The molecule has 4 heterocycles. The first-order valence-electron chi connectivity index (χ1n) is 9.60. The van der Waals surface area contributed by atoms with E-state index in [0.29, 0.717) is 37.0 Å². The van der Waals surface area contributed by atoms with E-state index in [0.717, 1.165) is 11.3 Å². The summed E-state index contributed by atoms with van der Waals surface area (Å²) in [5.74, 6) is 0.512. The van der Waals surface area contributed by atoms with E-state index in [1.165, 1.54) is 12.4 Å². The van der Waals surface area contributed by atoms with Crippen molar-refractivity contribution < 1.29 is 4.74 Å². The van der Waals surface area contributed by atoms with Crippen molar-refractivity contribution in [1.29, 1.82) is 0 Å². The third-order valence-corrected chi connectivity index (χ3v) is 4.97. The van der Waals surface area contributed by atoms with Gasteiger partial charge in [0.25, 0.3) is 5.56 Å². The summed E-state index contributed by atoms with van der Waals surface area (Å²) in [5, 5.41) is 4.25. The van der Waals surface area contributed by atoms with E-state index in [9.17, 15) is 4.79 Å². The third kappa shape index (κ3) is 3.70. The normalized spacial score (nSPS) is 16.5. The lowest BCUT2D eigenvalue weighted by atomic mass is 10.1. The van der Waals surface area contributed by atoms with Crippen molar-refractivity contribution in [2.45, 2.75) is 6.10 Å². The summed E-state index contributed by atoms with van der Waals surface area (Å²) < 4.78 is 7.80. The maximum Gasteiger partial charge on any atom is 0.252 e. The number of ether oxygens (including phenoxy) is 1. The molecule has 9 nitrogen and oxygen atoms in total. The molecule has 0 saturated carbocycles. The second-order valence-corrected chi connectivity index (χ2v) is 6.90. The molecule has 1 atom stereocenters. The van der Waals surface area contributed by atoms with Gasteiger partial charge in [-0.2, -0.15) is 5.10 Å². The Kier molecular flexibility index (Phi) is 4.78. The van der Waals surface area contributed by atoms with Gasteiger partial charge in [-0.1, -0.05) is 12.1 Å². The predicted molar refractivity (Wildman–Crippen MR) is 110 cm³/mol. The number of rotatable bonds is 4. The van der Waals surface area contributed by atoms with Gasteiger partial charge in [-0.05, 0) is 29.8 Å². The van der Waals surface area contributed by atoms with Crippen molar-refractivity contribution in [3.05, 3.63) is 83.3 Å². The van der Waals surface area contributed by atoms with E-state index in [-0.39, 0.29) is 11.7 Å². The van der Waals surface area contributed by atoms with Gasteiger partial charge in [-0.15, -0.1) is 0 Å². The molecule has 0 radical (unpaired) electrons. The molecule has 30 heavy (non-hydrogen) atoms. The fourth-order valence-corrected chi connectivity index (χ4v) is 3.47. The molecule has 1 N–H and O–H groups in total. The van der Waals surface area contributed by atoms with Crippen LogP contribution in [-0.4, -0.2) is 49.4 Å². The van der Waals surface area contributed by atoms with Crippen LogP contribution in [0.3, 0.4) is 0 Å². The van der Waals surface area contributed by atoms with Crippen molar-refractivity contribution in [2.75, 3.05) is 24.6 Å². The standard InChI is InChI=1S/C21H19N7O2/c29-20-12-18(17-6-8-22-14-23-17)25-21(26-20)27-10-11-30-19(13-27)15-2-4-16(5-3-15)28-9-1-7-24-28/h1-9,12,14,19H,10-11,13H2,(H,25,26,29). The van der Waals surface area contributed by atoms with E-state index in [4.69, 9.17) is 4.74 Å². The van der Waals surface area contributed by atoms with Gasteiger partial charge in [0, 0.05) is 31.2 Å². The Balaban J connectivity index is 1.38. The first-order chi connectivity index (χ1) is 14.8. The summed E-state index contributed by atoms with van der Waals surface area (Å²) in [5.41, 5.74) is 2.95. The lowest BCUT2D eigenvalue weighted by molar-refractivity contribution is 0.0392. The smallest absolute Gasteiger partial charge is 0.252 e. The molecule has 0 bridgehead atoms. The largest absolute Gasteiger partial charge is 0.370 e. The Hall–Kier alpha value is -3.85. The molecule has 1 aromatic carbocycles. The molecule has 1 unspecified atom stereocenters. The van der Waals surface area contributed by atoms with Crippen LogP contribution in [0.5, 0.6) is 0 Å². The molecule has 150 valence electrons. The molecule has 1 fully saturated rings. The fraction of sp³-hybridized carbons (Fsp3) is 0.190. The highest BCUT2D eigenvalue weighted by Crippen LogP contribution is 2.25. The first-order valence-corrected chi connectivity index (χ1v) is 9.60. The first kappa shape index (κ1) is 18.2. The van der Waals surface area contributed by atoms with E-state index in [1.54, 1.807) is 18.5 Å². The zero-order valence-corrected chi connectivity index (χ0v) is 16.0. The van der Waals surface area contributed by atoms with E-state index < -0.39 is 0 Å². The molecule has 4 aromatic rings. The SMILES string of the molecule is O=c1cc(-c2ccncn2)nc(N2CCOC(c3ccc(-n4cccn4)cc3)C2)[nH]1. The van der Waals surface area contributed by atoms with Gasteiger partial charge in [0.1, 0.15) is 12.4 Å². The summed E-state index contributed by atoms with van der Waals surface area (Å²) in [4.78, 5) is 29.8. The zero-order valence-electron chi connectivity index (χ0n) is 16.0. The van der Waals surface area contributed by atoms with Gasteiger partial charge < -0.3 is 9.64 Å². The number of morpholine rings is 1. The van der Waals surface area contributed by atoms with Gasteiger partial charge in [0.05, 0.1) is 30.2 Å². The Bertz CT molecular complexity index is 1170. The lowest BCUT2D eigenvalue weighted by Gasteiger charge is -2.33. The van der Waals surface area contributed by atoms with Crippen LogP contribution in [0.4, 0.5) is 5.95 Å². The van der Waals surface area contributed by atoms with Crippen LogP contribution in [-0.2, 0) is 4.74 Å². The molecular weight excluding hydrogens is 382 g/mol. The molecule has 0 amide bonds. The highest BCUT2D eigenvalue weighted by atomic mass is 16.5. The maximum absolute atomic E-state index is 12.2. The van der Waals surface area contributed by atoms with Crippen molar-refractivity contribution in [1.82, 2.24) is 29.7 Å². The Morgan fingerprint density at radius 2 is 2.00 bits per heavy atom. The molecule has 0 spiro atoms. The molecule has 1 saturated heterocycles. The molecule has 5 rings (SSSR count). The van der Waals surface area contributed by atoms with Crippen molar-refractivity contribution in [3.8, 4) is 17.1 Å². The molecule has 9 heteroatoms. The summed E-state index contributed by atoms with van der Waals surface area (Å²) >= 11 is 0. The number of aromatic nitrogens is 6. The number of H-pyrrole nitrogens is 1. The van der Waals surface area contributed by atoms with Gasteiger partial charge in [-0.25, -0.2) is 19.6 Å². The van der Waals surface area contributed by atoms with E-state index in [2.05, 4.69) is 25.0 Å². The Labute approximate surface area is 172 Å². The minimum Gasteiger partial charge on any atom is -0.370 e. The van der Waals surface area contributed by atoms with E-state index in [1.807, 2.05) is 46.1 Å². The second-order valence-electron chi connectivity index (χ2n) is 6.90. The molecular formula is C21H19N7O2. The van der Waals surface area contributed by atoms with Gasteiger partial charge in [-0.3, -0.25) is 9.78 Å². The molecule has 1 aliphatic rings. The topological polar surface area (TPSA) is 102 Å². The Morgan fingerprint density at radius 1 is 1.10 bits per heavy atom. The van der Waals surface area contributed by atoms with Gasteiger partial charge in [0.2, 0.25) is 5.95 Å². The minimum atomic E-state index is -0.222. The molecule has 0 aliphatic carbocycles. The second kappa shape index (κ2) is 7.88. The number of hydrogen-bond acceptors (Lipinski definition) is 7. The van der Waals surface area contributed by atoms with Crippen molar-refractivity contribution >= 4 is 5.95 Å². The number of nitrogens with one attached hydrogen (secondary N) is 1. The lowest BCUT2D eigenvalue weighted by Crippen LogP contribution is -2.40. The maximum atomic E-state index is 12.2. The fourth-order valence-electron chi connectivity index (χ4n) is 3.47. The Morgan fingerprint density at radius 3 is 2.77 bits per heavy atom. The summed E-state index contributed by atoms with van der Waals surface area (Å²) in [6, 6.07) is 13.2. The van der Waals surface area contributed by atoms with Crippen LogP contribution in [0, 0.1) is 0 Å². The van der Waals surface area contributed by atoms with Crippen LogP contribution in [0.25, 0.3) is 17.1 Å². The monoisotopic (exact) mass is 401 g/mol. The number of nitrogens with zero attached hydrogens (tertiary/aromatic N) is 6. The minimum absolute atomic E-state index is 0.126. The highest BCUT2D eigenvalue weighted by molar-refractivity contribution is 5.54. The number of aromatic amines is 1. The van der Waals surface area contributed by atoms with Crippen molar-refractivity contribution in [3.63, 3.8) is 0 Å². The number of anilines is 1. The zero-order chi connectivity index (χ0) is 20.3. The summed E-state index contributed by atoms with van der Waals surface area (Å²) in [6.07, 6.45) is 6.59. The number of benzene rings is 1. The predicted octanol–water partition coefficient (Wildman–Crippen LogP) is 1.99. The molecule has 1 aliphatic heterocycles. The van der Waals surface area contributed by atoms with Crippen LogP contribution >= 0.6 is 0 Å². The molecule has 3 aromatic heterocycles. The third-order valence-electron chi connectivity index (χ3n) is 4.97. The van der Waals surface area contributed by atoms with Crippen LogP contribution in [0.15, 0.2) is 72.2 Å². The van der Waals surface area contributed by atoms with E-state index >= 15 is 0 Å². The number of hydrogen-bond donors (Lipinski definition) is 1. The van der Waals surface area contributed by atoms with Crippen LogP contribution < -0.4 is 10.5 Å². The van der Waals surface area contributed by atoms with Crippen LogP contribution in [0.1, 0.15) is 11.7 Å². The van der Waals surface area contributed by atoms with Crippen molar-refractivity contribution in [2.24, 2.45) is 0 Å². The van der Waals surface area contributed by atoms with Crippen LogP contribution in [0.2, 0.25) is 0 Å². The average molecular weight is 401 g/mol. The summed E-state index contributed by atoms with van der Waals surface area (Å²) in [7, 11) is 0. The highest BCUT2D eigenvalue weighted by Gasteiger charge is 2.24.